The predicted octanol–water partition coefficient (Wildman–Crippen LogP) is 0.830. The fourth-order valence-corrected chi connectivity index (χ4v) is 0.957. The van der Waals surface area contributed by atoms with Crippen molar-refractivity contribution in [3.63, 3.8) is 0 Å². The van der Waals surface area contributed by atoms with E-state index in [1.165, 1.54) is 0 Å². The van der Waals surface area contributed by atoms with Gasteiger partial charge in [0.2, 0.25) is 0 Å². The molecule has 1 atom stereocenters. The molecule has 0 radical (unpaired) electrons. The average molecular weight is 139 g/mol. The highest BCUT2D eigenvalue weighted by Gasteiger charge is 2.05. The lowest BCUT2D eigenvalue weighted by molar-refractivity contribution is 0.605. The highest BCUT2D eigenvalue weighted by Crippen LogP contribution is 2.10. The second kappa shape index (κ2) is 2.84. The van der Waals surface area contributed by atoms with Crippen molar-refractivity contribution in [3.05, 3.63) is 18.0 Å². The zero-order chi connectivity index (χ0) is 7.56. The summed E-state index contributed by atoms with van der Waals surface area (Å²) in [6.07, 6.45) is 2.73. The predicted molar refractivity (Wildman–Crippen MR) is 40.4 cm³/mol. The Morgan fingerprint density at radius 3 is 2.90 bits per heavy atom. The Bertz CT molecular complexity index is 204. The third-order valence-corrected chi connectivity index (χ3v) is 1.68. The van der Waals surface area contributed by atoms with Gasteiger partial charge in [-0.15, -0.1) is 0 Å². The lowest BCUT2D eigenvalue weighted by Gasteiger charge is -2.07. The lowest BCUT2D eigenvalue weighted by atomic mass is 10.2. The number of aromatic nitrogens is 2. The van der Waals surface area contributed by atoms with Gasteiger partial charge in [0.15, 0.2) is 0 Å². The van der Waals surface area contributed by atoms with E-state index in [9.17, 15) is 0 Å². The Balaban J connectivity index is 2.82. The normalized spacial score (nSPS) is 13.5. The van der Waals surface area contributed by atoms with Crippen LogP contribution in [0.25, 0.3) is 0 Å². The van der Waals surface area contributed by atoms with Crippen LogP contribution in [-0.4, -0.2) is 9.78 Å². The van der Waals surface area contributed by atoms with E-state index in [1.807, 2.05) is 17.8 Å². The summed E-state index contributed by atoms with van der Waals surface area (Å²) in [6.45, 7) is 2.07. The number of nitrogens with zero attached hydrogens (tertiary/aromatic N) is 2. The van der Waals surface area contributed by atoms with E-state index in [2.05, 4.69) is 12.0 Å². The standard InChI is InChI=1S/C7H13N3/c1-3-6(8)7-4-5-9-10(7)2/h4-6H,3,8H2,1-2H3. The Hall–Kier alpha value is -0.830. The number of hydrogen-bond donors (Lipinski definition) is 1. The molecular weight excluding hydrogens is 126 g/mol. The smallest absolute Gasteiger partial charge is 0.0547 e. The van der Waals surface area contributed by atoms with Crippen LogP contribution in [-0.2, 0) is 7.05 Å². The van der Waals surface area contributed by atoms with Crippen LogP contribution in [0.4, 0.5) is 0 Å². The van der Waals surface area contributed by atoms with E-state index in [0.29, 0.717) is 0 Å². The molecule has 1 aromatic heterocycles. The van der Waals surface area contributed by atoms with Gasteiger partial charge >= 0.3 is 0 Å². The molecule has 3 nitrogen and oxygen atoms in total. The molecule has 0 fully saturated rings. The Morgan fingerprint density at radius 2 is 2.50 bits per heavy atom. The van der Waals surface area contributed by atoms with Crippen LogP contribution in [0.2, 0.25) is 0 Å². The first-order valence-electron chi connectivity index (χ1n) is 3.49. The van der Waals surface area contributed by atoms with E-state index in [1.54, 1.807) is 6.20 Å². The molecule has 0 bridgehead atoms. The zero-order valence-electron chi connectivity index (χ0n) is 6.41. The zero-order valence-corrected chi connectivity index (χ0v) is 6.41. The van der Waals surface area contributed by atoms with E-state index in [-0.39, 0.29) is 6.04 Å². The molecule has 0 aliphatic rings. The summed E-state index contributed by atoms with van der Waals surface area (Å²) < 4.78 is 1.81. The largest absolute Gasteiger partial charge is 0.323 e. The number of nitrogens with two attached hydrogens (primary N) is 1. The topological polar surface area (TPSA) is 43.8 Å². The first-order chi connectivity index (χ1) is 4.75. The minimum atomic E-state index is 0.132. The third-order valence-electron chi connectivity index (χ3n) is 1.68. The molecule has 0 amide bonds. The van der Waals surface area contributed by atoms with Crippen LogP contribution in [0.5, 0.6) is 0 Å². The van der Waals surface area contributed by atoms with Crippen molar-refractivity contribution in [2.24, 2.45) is 12.8 Å². The van der Waals surface area contributed by atoms with Crippen molar-refractivity contribution < 1.29 is 0 Å². The van der Waals surface area contributed by atoms with E-state index < -0.39 is 0 Å². The molecule has 0 spiro atoms. The fraction of sp³-hybridized carbons (Fsp3) is 0.571. The van der Waals surface area contributed by atoms with Gasteiger partial charge in [0.1, 0.15) is 0 Å². The summed E-state index contributed by atoms with van der Waals surface area (Å²) in [6, 6.07) is 2.08. The SMILES string of the molecule is CCC(N)c1ccnn1C. The second-order valence-electron chi connectivity index (χ2n) is 2.39. The quantitative estimate of drug-likeness (QED) is 0.659. The van der Waals surface area contributed by atoms with Gasteiger partial charge in [-0.1, -0.05) is 6.92 Å². The van der Waals surface area contributed by atoms with E-state index in [4.69, 9.17) is 5.73 Å². The van der Waals surface area contributed by atoms with Crippen LogP contribution in [0, 0.1) is 0 Å². The molecular formula is C7H13N3. The summed E-state index contributed by atoms with van der Waals surface area (Å²) in [4.78, 5) is 0. The summed E-state index contributed by atoms with van der Waals surface area (Å²) in [5, 5.41) is 4.02. The fourth-order valence-electron chi connectivity index (χ4n) is 0.957. The molecule has 2 N–H and O–H groups in total. The minimum Gasteiger partial charge on any atom is -0.323 e. The molecule has 1 rings (SSSR count). The molecule has 1 aromatic rings. The maximum absolute atomic E-state index is 5.78. The van der Waals surface area contributed by atoms with Crippen molar-refractivity contribution in [1.82, 2.24) is 9.78 Å². The van der Waals surface area contributed by atoms with Crippen molar-refractivity contribution in [2.75, 3.05) is 0 Å². The van der Waals surface area contributed by atoms with Crippen molar-refractivity contribution >= 4 is 0 Å². The molecule has 10 heavy (non-hydrogen) atoms. The highest BCUT2D eigenvalue weighted by molar-refractivity contribution is 5.04. The van der Waals surface area contributed by atoms with Gasteiger partial charge in [0, 0.05) is 19.3 Å². The van der Waals surface area contributed by atoms with Gasteiger partial charge in [-0.05, 0) is 12.5 Å². The van der Waals surface area contributed by atoms with Crippen LogP contribution in [0.15, 0.2) is 12.3 Å². The van der Waals surface area contributed by atoms with Crippen LogP contribution >= 0.6 is 0 Å². The Morgan fingerprint density at radius 1 is 1.80 bits per heavy atom. The number of aryl methyl sites for hydroxylation is 1. The molecule has 3 heteroatoms. The molecule has 0 saturated carbocycles. The maximum Gasteiger partial charge on any atom is 0.0547 e. The van der Waals surface area contributed by atoms with Gasteiger partial charge in [-0.2, -0.15) is 5.10 Å². The molecule has 56 valence electrons. The molecule has 1 unspecified atom stereocenters. The minimum absolute atomic E-state index is 0.132. The van der Waals surface area contributed by atoms with Gasteiger partial charge in [-0.3, -0.25) is 4.68 Å². The van der Waals surface area contributed by atoms with Crippen molar-refractivity contribution in [3.8, 4) is 0 Å². The third kappa shape index (κ3) is 1.19. The van der Waals surface area contributed by atoms with Gasteiger partial charge in [-0.25, -0.2) is 0 Å². The molecule has 0 aliphatic carbocycles. The summed E-state index contributed by atoms with van der Waals surface area (Å²) in [5.74, 6) is 0. The van der Waals surface area contributed by atoms with Crippen molar-refractivity contribution in [1.29, 1.82) is 0 Å². The van der Waals surface area contributed by atoms with Gasteiger partial charge in [0.25, 0.3) is 0 Å². The van der Waals surface area contributed by atoms with Gasteiger partial charge in [0.05, 0.1) is 5.69 Å². The summed E-state index contributed by atoms with van der Waals surface area (Å²) in [7, 11) is 1.91. The second-order valence-corrected chi connectivity index (χ2v) is 2.39. The molecule has 1 heterocycles. The van der Waals surface area contributed by atoms with Crippen LogP contribution < -0.4 is 5.73 Å². The molecule has 0 aliphatic heterocycles. The summed E-state index contributed by atoms with van der Waals surface area (Å²) >= 11 is 0. The van der Waals surface area contributed by atoms with Crippen molar-refractivity contribution in [2.45, 2.75) is 19.4 Å². The maximum atomic E-state index is 5.78. The van der Waals surface area contributed by atoms with E-state index in [0.717, 1.165) is 12.1 Å². The first kappa shape index (κ1) is 7.28. The highest BCUT2D eigenvalue weighted by atomic mass is 15.3. The Kier molecular flexibility index (Phi) is 2.06. The molecule has 0 saturated heterocycles. The number of rotatable bonds is 2. The molecule has 0 aromatic carbocycles. The lowest BCUT2D eigenvalue weighted by Crippen LogP contribution is -2.13. The Labute approximate surface area is 60.8 Å². The van der Waals surface area contributed by atoms with Gasteiger partial charge < -0.3 is 5.73 Å². The monoisotopic (exact) mass is 139 g/mol. The van der Waals surface area contributed by atoms with Crippen LogP contribution in [0.3, 0.4) is 0 Å². The van der Waals surface area contributed by atoms with Crippen LogP contribution in [0.1, 0.15) is 25.1 Å². The first-order valence-corrected chi connectivity index (χ1v) is 3.49. The number of hydrogen-bond acceptors (Lipinski definition) is 2. The average Bonchev–Trinajstić information content (AvgIpc) is 2.34. The van der Waals surface area contributed by atoms with E-state index >= 15 is 0 Å². The summed E-state index contributed by atoms with van der Waals surface area (Å²) in [5.41, 5.74) is 6.88.